The molecule has 4 atom stereocenters. The van der Waals surface area contributed by atoms with E-state index in [1.807, 2.05) is 36.4 Å². The Morgan fingerprint density at radius 3 is 2.56 bits per heavy atom. The van der Waals surface area contributed by atoms with Crippen molar-refractivity contribution in [2.45, 2.75) is 45.5 Å². The van der Waals surface area contributed by atoms with E-state index in [4.69, 9.17) is 9.39 Å². The van der Waals surface area contributed by atoms with Crippen molar-refractivity contribution in [3.63, 3.8) is 0 Å². The maximum absolute atomic E-state index is 14.1. The van der Waals surface area contributed by atoms with Gasteiger partial charge in [-0.2, -0.15) is 0 Å². The smallest absolute Gasteiger partial charge is 0.455 e. The van der Waals surface area contributed by atoms with E-state index in [9.17, 15) is 29.8 Å². The first-order valence-corrected chi connectivity index (χ1v) is 17.1. The molecule has 2 saturated heterocycles. The second-order valence-corrected chi connectivity index (χ2v) is 14.0. The minimum atomic E-state index is -1.13. The first-order chi connectivity index (χ1) is 23.0. The molecule has 0 bridgehead atoms. The highest BCUT2D eigenvalue weighted by molar-refractivity contribution is 14.1. The third-order valence-corrected chi connectivity index (χ3v) is 10.5. The summed E-state index contributed by atoms with van der Waals surface area (Å²) in [6.07, 6.45) is 3.21. The Morgan fingerprint density at radius 1 is 1.12 bits per heavy atom. The van der Waals surface area contributed by atoms with Crippen LogP contribution in [0.3, 0.4) is 0 Å². The molecule has 248 valence electrons. The van der Waals surface area contributed by atoms with E-state index in [2.05, 4.69) is 42.5 Å². The van der Waals surface area contributed by atoms with Crippen LogP contribution in [-0.4, -0.2) is 47.2 Å². The molecule has 0 spiro atoms. The number of aromatic hydroxyl groups is 1. The summed E-state index contributed by atoms with van der Waals surface area (Å²) in [6, 6.07) is 19.2. The zero-order valence-electron chi connectivity index (χ0n) is 26.8. The molecule has 0 unspecified atom stereocenters. The first kappa shape index (κ1) is 33.9. The van der Waals surface area contributed by atoms with Crippen LogP contribution in [-0.2, 0) is 14.2 Å². The maximum atomic E-state index is 14.1. The molecule has 3 aliphatic rings. The van der Waals surface area contributed by atoms with Crippen molar-refractivity contribution in [1.82, 2.24) is 0 Å². The van der Waals surface area contributed by atoms with Crippen molar-refractivity contribution in [1.29, 1.82) is 0 Å². The number of carbonyl (C=O) groups excluding carboxylic acids is 2. The molecule has 2 N–H and O–H groups in total. The van der Waals surface area contributed by atoms with Gasteiger partial charge >= 0.3 is 7.12 Å². The van der Waals surface area contributed by atoms with Gasteiger partial charge in [0.2, 0.25) is 11.8 Å². The Hall–Kier alpha value is -4.01. The van der Waals surface area contributed by atoms with E-state index in [-0.39, 0.29) is 35.3 Å². The number of halogens is 1. The summed E-state index contributed by atoms with van der Waals surface area (Å²) in [7, 11) is 0.386. The number of nitro groups is 1. The summed E-state index contributed by atoms with van der Waals surface area (Å²) in [5.41, 5.74) is 4.91. The number of anilines is 1. The number of hydrogen-bond acceptors (Lipinski definition) is 8. The van der Waals surface area contributed by atoms with Crippen molar-refractivity contribution in [3.05, 3.63) is 103 Å². The number of non-ortho nitro benzene ring substituents is 1. The van der Waals surface area contributed by atoms with Crippen LogP contribution in [0.15, 0.2) is 77.9 Å². The number of allylic oxidation sites excluding steroid dienone is 2. The average Bonchev–Trinajstić information content (AvgIpc) is 3.33. The van der Waals surface area contributed by atoms with Crippen LogP contribution in [0, 0.1) is 37.4 Å². The zero-order valence-corrected chi connectivity index (χ0v) is 29.0. The monoisotopic (exact) mass is 762 g/mol. The Kier molecular flexibility index (Phi) is 9.77. The van der Waals surface area contributed by atoms with Crippen LogP contribution in [0.5, 0.6) is 11.5 Å². The first-order valence-electron chi connectivity index (χ1n) is 16.0. The highest BCUT2D eigenvalue weighted by atomic mass is 127. The van der Waals surface area contributed by atoms with Gasteiger partial charge in [-0.25, -0.2) is 4.90 Å². The van der Waals surface area contributed by atoms with Crippen LogP contribution < -0.4 is 9.64 Å². The predicted molar refractivity (Wildman–Crippen MR) is 191 cm³/mol. The molecular formula is C36H36BIN2O8. The van der Waals surface area contributed by atoms with Gasteiger partial charge in [0.25, 0.3) is 5.69 Å². The second kappa shape index (κ2) is 13.8. The molecule has 2 amide bonds. The van der Waals surface area contributed by atoms with Gasteiger partial charge in [-0.05, 0) is 100 Å². The Morgan fingerprint density at radius 2 is 1.88 bits per heavy atom. The number of imide groups is 1. The molecule has 2 fully saturated rings. The minimum Gasteiger partial charge on any atom is -0.504 e. The fourth-order valence-corrected chi connectivity index (χ4v) is 8.15. The molecular weight excluding hydrogens is 726 g/mol. The molecule has 2 heterocycles. The number of hydrogen-bond donors (Lipinski definition) is 2. The number of phenols is 1. The number of amides is 2. The maximum Gasteiger partial charge on any atom is 0.455 e. The Balaban J connectivity index is 1.35. The average molecular weight is 762 g/mol. The SMILES string of the molecule is COc1cc(/C=C(/CC[C@H]2OB(O)C[C@H]3C2=C(C(C)C)C[C@H]2C(=O)N(c4cccc([N+](=O)[O-])c4)C(=O)[C@H]23)c2ccccc2)cc(I)c1O. The number of ether oxygens (including phenoxy) is 1. The summed E-state index contributed by atoms with van der Waals surface area (Å²) < 4.78 is 12.3. The molecule has 10 nitrogen and oxygen atoms in total. The number of benzene rings is 3. The number of phenolic OH excluding ortho intramolecular Hbond substituents is 1. The van der Waals surface area contributed by atoms with E-state index >= 15 is 0 Å². The number of carbonyl (C=O) groups is 2. The lowest BCUT2D eigenvalue weighted by Gasteiger charge is -2.44. The standard InChI is InChI=1S/C36H36BIN2O8/c1-20(2)26-18-27-33(36(43)39(35(27)42)24-10-7-11-25(17-24)40(45)46)28-19-37(44)48-30(32(26)28)13-12-23(22-8-5-4-6-9-22)14-21-15-29(38)34(41)31(16-21)47-3/h4-11,14-17,20,27-28,30,33,41,44H,12-13,18-19H2,1-3H3/b23-14-/t27-,28+,30-,33-/m1/s1. The Bertz CT molecular complexity index is 1830. The van der Waals surface area contributed by atoms with Crippen molar-refractivity contribution >= 4 is 64.5 Å². The summed E-state index contributed by atoms with van der Waals surface area (Å²) in [5, 5.41) is 32.9. The van der Waals surface area contributed by atoms with Gasteiger partial charge in [0.15, 0.2) is 11.5 Å². The van der Waals surface area contributed by atoms with E-state index in [1.54, 1.807) is 12.1 Å². The third-order valence-electron chi connectivity index (χ3n) is 9.67. The summed E-state index contributed by atoms with van der Waals surface area (Å²) in [6.45, 7) is 4.13. The fraction of sp³-hybridized carbons (Fsp3) is 0.333. The van der Waals surface area contributed by atoms with E-state index in [1.165, 1.54) is 25.3 Å². The highest BCUT2D eigenvalue weighted by Crippen LogP contribution is 2.53. The van der Waals surface area contributed by atoms with Gasteiger partial charge in [-0.3, -0.25) is 19.7 Å². The number of rotatable bonds is 9. The Labute approximate surface area is 292 Å². The van der Waals surface area contributed by atoms with Crippen LogP contribution in [0.1, 0.15) is 44.2 Å². The lowest BCUT2D eigenvalue weighted by Crippen LogP contribution is -2.46. The second-order valence-electron chi connectivity index (χ2n) is 12.8. The van der Waals surface area contributed by atoms with E-state index in [0.717, 1.165) is 32.7 Å². The highest BCUT2D eigenvalue weighted by Gasteiger charge is 2.58. The molecule has 0 saturated carbocycles. The van der Waals surface area contributed by atoms with Gasteiger partial charge in [-0.15, -0.1) is 0 Å². The fourth-order valence-electron chi connectivity index (χ4n) is 7.52. The van der Waals surface area contributed by atoms with Gasteiger partial charge in [-0.1, -0.05) is 61.9 Å². The lowest BCUT2D eigenvalue weighted by molar-refractivity contribution is -0.384. The van der Waals surface area contributed by atoms with Crippen molar-refractivity contribution in [3.8, 4) is 11.5 Å². The van der Waals surface area contributed by atoms with Crippen molar-refractivity contribution < 1.29 is 34.0 Å². The van der Waals surface area contributed by atoms with Crippen LogP contribution >= 0.6 is 22.6 Å². The number of nitrogens with zero attached hydrogens (tertiary/aromatic N) is 2. The molecule has 2 aliphatic heterocycles. The van der Waals surface area contributed by atoms with Gasteiger partial charge in [0.05, 0.1) is 39.2 Å². The number of methoxy groups -OCH3 is 1. The van der Waals surface area contributed by atoms with Crippen LogP contribution in [0.4, 0.5) is 11.4 Å². The van der Waals surface area contributed by atoms with Crippen LogP contribution in [0.2, 0.25) is 6.32 Å². The summed E-state index contributed by atoms with van der Waals surface area (Å²) >= 11 is 2.07. The number of nitro benzene ring substituents is 1. The molecule has 0 radical (unpaired) electrons. The lowest BCUT2D eigenvalue weighted by atomic mass is 9.57. The normalized spacial score (nSPS) is 22.7. The van der Waals surface area contributed by atoms with Crippen molar-refractivity contribution in [2.75, 3.05) is 12.0 Å². The van der Waals surface area contributed by atoms with Gasteiger partial charge < -0.3 is 19.5 Å². The molecule has 1 aliphatic carbocycles. The van der Waals surface area contributed by atoms with Crippen LogP contribution in [0.25, 0.3) is 11.6 Å². The van der Waals surface area contributed by atoms with E-state index < -0.39 is 41.8 Å². The van der Waals surface area contributed by atoms with Crippen molar-refractivity contribution in [2.24, 2.45) is 23.7 Å². The predicted octanol–water partition coefficient (Wildman–Crippen LogP) is 6.89. The molecule has 48 heavy (non-hydrogen) atoms. The molecule has 3 aromatic rings. The quantitative estimate of drug-likeness (QED) is 0.0457. The number of fused-ring (bicyclic) bond motifs is 3. The topological polar surface area (TPSA) is 139 Å². The van der Waals surface area contributed by atoms with Gasteiger partial charge in [0, 0.05) is 12.1 Å². The van der Waals surface area contributed by atoms with E-state index in [0.29, 0.717) is 28.6 Å². The molecule has 3 aromatic carbocycles. The summed E-state index contributed by atoms with van der Waals surface area (Å²) in [4.78, 5) is 40.0. The largest absolute Gasteiger partial charge is 0.504 e. The summed E-state index contributed by atoms with van der Waals surface area (Å²) in [5.74, 6) is -1.98. The molecule has 6 rings (SSSR count). The molecule has 0 aromatic heterocycles. The molecule has 12 heteroatoms. The zero-order chi connectivity index (χ0) is 34.3. The third kappa shape index (κ3) is 6.40. The minimum absolute atomic E-state index is 0.0650. The van der Waals surface area contributed by atoms with Gasteiger partial charge in [0.1, 0.15) is 0 Å².